The van der Waals surface area contributed by atoms with Crippen molar-refractivity contribution in [3.05, 3.63) is 138 Å². The number of nitrogens with two attached hydrogens (primary N) is 1. The zero-order chi connectivity index (χ0) is 48.3. The number of hydrogen-bond acceptors (Lipinski definition) is 10. The Morgan fingerprint density at radius 2 is 1.51 bits per heavy atom. The lowest BCUT2D eigenvalue weighted by atomic mass is 9.74. The van der Waals surface area contributed by atoms with Crippen LogP contribution in [-0.2, 0) is 64.1 Å². The molecule has 68 heavy (non-hydrogen) atoms. The van der Waals surface area contributed by atoms with Crippen molar-refractivity contribution in [3.8, 4) is 16.9 Å². The highest BCUT2D eigenvalue weighted by Gasteiger charge is 2.44. The number of amides is 6. The van der Waals surface area contributed by atoms with Gasteiger partial charge in [0.2, 0.25) is 35.4 Å². The maximum Gasteiger partial charge on any atom is 0.341 e. The lowest BCUT2D eigenvalue weighted by molar-refractivity contribution is -0.142. The van der Waals surface area contributed by atoms with Crippen LogP contribution in [0.5, 0.6) is 5.75 Å². The van der Waals surface area contributed by atoms with E-state index >= 15 is 0 Å². The van der Waals surface area contributed by atoms with E-state index in [9.17, 15) is 33.6 Å². The van der Waals surface area contributed by atoms with E-state index in [1.807, 2.05) is 66.7 Å². The highest BCUT2D eigenvalue weighted by Crippen LogP contribution is 2.35. The SMILES string of the molecule is NCCOCCNC(=O)[C@@H]1CCNC(=O)/C=C/C(=O)N2CCC[C@](Cc3ccccc3)(C2)C(=O)N[C@@H](Cc2ccc(-c3ccc(OCC(=O)O)cc3)cc2)C(=O)NCc2ccccc2CC(=O)N1. The van der Waals surface area contributed by atoms with Crippen molar-refractivity contribution < 1.29 is 48.1 Å². The predicted molar refractivity (Wildman–Crippen MR) is 253 cm³/mol. The third-order valence-corrected chi connectivity index (χ3v) is 11.8. The molecule has 4 aromatic carbocycles. The molecule has 2 heterocycles. The van der Waals surface area contributed by atoms with Crippen molar-refractivity contribution in [1.82, 2.24) is 31.5 Å². The number of carbonyl (C=O) groups excluding carboxylic acids is 6. The first-order chi connectivity index (χ1) is 32.9. The zero-order valence-electron chi connectivity index (χ0n) is 37.9. The van der Waals surface area contributed by atoms with Gasteiger partial charge in [0.05, 0.1) is 25.0 Å². The van der Waals surface area contributed by atoms with Crippen LogP contribution in [0.2, 0.25) is 0 Å². The van der Waals surface area contributed by atoms with Gasteiger partial charge in [0, 0.05) is 57.8 Å². The molecule has 358 valence electrons. The Hall–Kier alpha value is -7.37. The van der Waals surface area contributed by atoms with Gasteiger partial charge in [0.15, 0.2) is 6.61 Å². The van der Waals surface area contributed by atoms with Crippen molar-refractivity contribution in [2.75, 3.05) is 52.5 Å². The van der Waals surface area contributed by atoms with Crippen molar-refractivity contribution >= 4 is 41.4 Å². The van der Waals surface area contributed by atoms with E-state index in [0.29, 0.717) is 49.4 Å². The second-order valence-corrected chi connectivity index (χ2v) is 16.8. The van der Waals surface area contributed by atoms with Gasteiger partial charge >= 0.3 is 5.97 Å². The Kier molecular flexibility index (Phi) is 18.4. The van der Waals surface area contributed by atoms with Gasteiger partial charge < -0.3 is 51.8 Å². The molecule has 0 aromatic heterocycles. The van der Waals surface area contributed by atoms with Gasteiger partial charge in [0.25, 0.3) is 0 Å². The second-order valence-electron chi connectivity index (χ2n) is 16.8. The molecule has 3 atom stereocenters. The van der Waals surface area contributed by atoms with Gasteiger partial charge in [0.1, 0.15) is 17.8 Å². The first-order valence-corrected chi connectivity index (χ1v) is 22.7. The Bertz CT molecular complexity index is 2410. The fourth-order valence-electron chi connectivity index (χ4n) is 8.30. The van der Waals surface area contributed by atoms with Crippen molar-refractivity contribution in [2.45, 2.75) is 57.2 Å². The van der Waals surface area contributed by atoms with E-state index in [0.717, 1.165) is 34.4 Å². The third kappa shape index (κ3) is 14.8. The second kappa shape index (κ2) is 25.0. The number of carbonyl (C=O) groups is 7. The molecule has 0 saturated carbocycles. The standard InChI is InChI=1S/C51H59N7O10/c52-23-27-67-28-25-54-48(64)42-21-24-53-44(59)19-20-46(61)58-26-6-22-51(34-58,31-36-7-2-1-3-8-36)50(66)57-43(49(65)55-32-40-10-5-4-9-39(40)30-45(60)56-42)29-35-11-13-37(14-12-35)38-15-17-41(18-16-38)68-33-47(62)63/h1-5,7-20,42-43H,6,21-34,52H2,(H,53,59)(H,54,64)(H,55,65)(H,56,60)(H,57,66)(H,62,63)/b20-19+/t42-,43-,51-/m0/s1. The minimum Gasteiger partial charge on any atom is -0.482 e. The number of fused-ring (bicyclic) bond motifs is 3. The maximum absolute atomic E-state index is 14.9. The monoisotopic (exact) mass is 929 g/mol. The number of benzene rings is 4. The summed E-state index contributed by atoms with van der Waals surface area (Å²) in [6.45, 7) is 0.961. The first-order valence-electron chi connectivity index (χ1n) is 22.7. The summed E-state index contributed by atoms with van der Waals surface area (Å²) in [6, 6.07) is 29.0. The minimum atomic E-state index is -1.14. The van der Waals surface area contributed by atoms with Gasteiger partial charge in [-0.2, -0.15) is 0 Å². The van der Waals surface area contributed by atoms with Crippen LogP contribution in [0.1, 0.15) is 41.5 Å². The Morgan fingerprint density at radius 1 is 0.809 bits per heavy atom. The number of piperidine rings is 1. The highest BCUT2D eigenvalue weighted by molar-refractivity contribution is 5.97. The maximum atomic E-state index is 14.9. The number of carboxylic acids is 1. The van der Waals surface area contributed by atoms with Gasteiger partial charge in [-0.1, -0.05) is 91.0 Å². The zero-order valence-corrected chi connectivity index (χ0v) is 37.9. The van der Waals surface area contributed by atoms with Crippen LogP contribution in [0.4, 0.5) is 0 Å². The van der Waals surface area contributed by atoms with Crippen LogP contribution in [0, 0.1) is 5.41 Å². The normalized spacial score (nSPS) is 20.2. The summed E-state index contributed by atoms with van der Waals surface area (Å²) < 4.78 is 10.6. The number of hydrogen-bond donors (Lipinski definition) is 7. The number of aliphatic carboxylic acids is 1. The quantitative estimate of drug-likeness (QED) is 0.0904. The van der Waals surface area contributed by atoms with Crippen LogP contribution >= 0.6 is 0 Å². The molecule has 1 fully saturated rings. The first kappa shape index (κ1) is 50.1. The summed E-state index contributed by atoms with van der Waals surface area (Å²) in [5.74, 6) is -3.53. The van der Waals surface area contributed by atoms with Gasteiger partial charge in [-0.05, 0) is 71.2 Å². The molecule has 6 rings (SSSR count). The molecule has 17 heteroatoms. The molecular formula is C51H59N7O10. The molecule has 4 aromatic rings. The largest absolute Gasteiger partial charge is 0.482 e. The van der Waals surface area contributed by atoms with Crippen molar-refractivity contribution in [3.63, 3.8) is 0 Å². The molecule has 8 N–H and O–H groups in total. The molecule has 17 nitrogen and oxygen atoms in total. The number of rotatable bonds is 14. The summed E-state index contributed by atoms with van der Waals surface area (Å²) in [4.78, 5) is 95.5. The van der Waals surface area contributed by atoms with E-state index in [1.54, 1.807) is 41.3 Å². The molecule has 0 unspecified atom stereocenters. The van der Waals surface area contributed by atoms with Crippen LogP contribution < -0.4 is 37.1 Å². The highest BCUT2D eigenvalue weighted by atomic mass is 16.5. The van der Waals surface area contributed by atoms with Gasteiger partial charge in [-0.25, -0.2) is 4.79 Å². The molecule has 2 bridgehead atoms. The van der Waals surface area contributed by atoms with Gasteiger partial charge in [-0.3, -0.25) is 28.8 Å². The van der Waals surface area contributed by atoms with Crippen molar-refractivity contribution in [2.24, 2.45) is 11.1 Å². The van der Waals surface area contributed by atoms with Crippen LogP contribution in [-0.4, -0.2) is 116 Å². The summed E-state index contributed by atoms with van der Waals surface area (Å²) in [5.41, 5.74) is 8.92. The van der Waals surface area contributed by atoms with E-state index in [1.165, 1.54) is 0 Å². The molecular weight excluding hydrogens is 871 g/mol. The lowest BCUT2D eigenvalue weighted by Gasteiger charge is -2.42. The number of nitrogens with zero attached hydrogens (tertiary/aromatic N) is 1. The number of nitrogens with one attached hydrogen (secondary N) is 5. The fourth-order valence-corrected chi connectivity index (χ4v) is 8.30. The average Bonchev–Trinajstić information content (AvgIpc) is 3.34. The number of carboxylic acid groups (broad SMARTS) is 1. The topological polar surface area (TPSA) is 248 Å². The molecule has 0 aliphatic carbocycles. The Balaban J connectivity index is 1.29. The van der Waals surface area contributed by atoms with Crippen LogP contribution in [0.25, 0.3) is 11.1 Å². The fraction of sp³-hybridized carbons (Fsp3) is 0.353. The van der Waals surface area contributed by atoms with Crippen LogP contribution in [0.15, 0.2) is 115 Å². The third-order valence-electron chi connectivity index (χ3n) is 11.8. The molecule has 1 saturated heterocycles. The average molecular weight is 930 g/mol. The molecule has 2 aliphatic heterocycles. The van der Waals surface area contributed by atoms with Gasteiger partial charge in [-0.15, -0.1) is 0 Å². The molecule has 0 spiro atoms. The lowest BCUT2D eigenvalue weighted by Crippen LogP contribution is -2.58. The molecule has 6 amide bonds. The molecule has 0 radical (unpaired) electrons. The van der Waals surface area contributed by atoms with E-state index in [4.69, 9.17) is 20.3 Å². The summed E-state index contributed by atoms with van der Waals surface area (Å²) in [7, 11) is 0. The van der Waals surface area contributed by atoms with E-state index < -0.39 is 65.5 Å². The predicted octanol–water partition coefficient (Wildman–Crippen LogP) is 2.21. The smallest absolute Gasteiger partial charge is 0.341 e. The Labute approximate surface area is 395 Å². The van der Waals surface area contributed by atoms with Crippen LogP contribution in [0.3, 0.4) is 0 Å². The Morgan fingerprint density at radius 3 is 2.24 bits per heavy atom. The minimum absolute atomic E-state index is 0.00138. The summed E-state index contributed by atoms with van der Waals surface area (Å²) in [6.07, 6.45) is 3.48. The summed E-state index contributed by atoms with van der Waals surface area (Å²) >= 11 is 0. The summed E-state index contributed by atoms with van der Waals surface area (Å²) in [5, 5.41) is 23.3. The van der Waals surface area contributed by atoms with E-state index in [2.05, 4.69) is 26.6 Å². The van der Waals surface area contributed by atoms with E-state index in [-0.39, 0.29) is 58.5 Å². The molecule has 2 aliphatic rings. The number of ether oxygens (including phenoxy) is 2. The van der Waals surface area contributed by atoms with Crippen molar-refractivity contribution in [1.29, 1.82) is 0 Å².